The summed E-state index contributed by atoms with van der Waals surface area (Å²) < 4.78 is 11.3. The van der Waals surface area contributed by atoms with Gasteiger partial charge in [0.1, 0.15) is 11.5 Å². The Bertz CT molecular complexity index is 856. The summed E-state index contributed by atoms with van der Waals surface area (Å²) in [5.74, 6) is 1.68. The number of methoxy groups -OCH3 is 1. The third-order valence-electron chi connectivity index (χ3n) is 3.60. The Balaban J connectivity index is 1.92. The highest BCUT2D eigenvalue weighted by molar-refractivity contribution is 9.10. The molecular formula is C19H19BrN2O3S. The number of halogens is 1. The number of hydrogen-bond acceptors (Lipinski definition) is 5. The van der Waals surface area contributed by atoms with Gasteiger partial charge in [-0.2, -0.15) is 0 Å². The second-order valence-corrected chi connectivity index (χ2v) is 7.95. The average Bonchev–Trinajstić information content (AvgIpc) is 3.14. The van der Waals surface area contributed by atoms with Gasteiger partial charge in [-0.1, -0.05) is 13.8 Å². The van der Waals surface area contributed by atoms with Crippen molar-refractivity contribution in [3.63, 3.8) is 0 Å². The molecular weight excluding hydrogens is 416 g/mol. The van der Waals surface area contributed by atoms with E-state index >= 15 is 0 Å². The molecule has 0 unspecified atom stereocenters. The van der Waals surface area contributed by atoms with E-state index in [2.05, 4.69) is 34.8 Å². The molecule has 0 radical (unpaired) electrons. The van der Waals surface area contributed by atoms with Crippen molar-refractivity contribution in [1.29, 1.82) is 0 Å². The van der Waals surface area contributed by atoms with E-state index in [9.17, 15) is 4.79 Å². The predicted molar refractivity (Wildman–Crippen MR) is 109 cm³/mol. The first-order valence-corrected chi connectivity index (χ1v) is 9.76. The number of benzene rings is 1. The maximum Gasteiger partial charge on any atom is 0.266 e. The summed E-state index contributed by atoms with van der Waals surface area (Å²) in [5, 5.41) is 0.672. The number of aliphatic imine (C=N–C) groups is 1. The molecule has 1 aromatic carbocycles. The van der Waals surface area contributed by atoms with E-state index in [0.29, 0.717) is 33.0 Å². The molecule has 26 heavy (non-hydrogen) atoms. The van der Waals surface area contributed by atoms with Crippen LogP contribution in [0.15, 0.2) is 55.4 Å². The van der Waals surface area contributed by atoms with Crippen LogP contribution in [0.2, 0.25) is 0 Å². The van der Waals surface area contributed by atoms with Gasteiger partial charge < -0.3 is 9.15 Å². The maximum absolute atomic E-state index is 12.8. The van der Waals surface area contributed by atoms with Crippen LogP contribution in [0.1, 0.15) is 19.6 Å². The molecule has 0 aliphatic carbocycles. The minimum atomic E-state index is -0.0523. The Kier molecular flexibility index (Phi) is 5.88. The molecule has 1 aliphatic heterocycles. The molecule has 0 atom stereocenters. The number of carbonyl (C=O) groups is 1. The maximum atomic E-state index is 12.8. The molecule has 1 aliphatic rings. The molecule has 0 bridgehead atoms. The fourth-order valence-electron chi connectivity index (χ4n) is 2.42. The monoisotopic (exact) mass is 434 g/mol. The number of thioether (sulfide) groups is 1. The van der Waals surface area contributed by atoms with E-state index in [1.165, 1.54) is 11.8 Å². The highest BCUT2D eigenvalue weighted by atomic mass is 79.9. The lowest BCUT2D eigenvalue weighted by molar-refractivity contribution is -0.122. The summed E-state index contributed by atoms with van der Waals surface area (Å²) in [6, 6.07) is 11.1. The van der Waals surface area contributed by atoms with Crippen LogP contribution in [0.3, 0.4) is 0 Å². The SMILES string of the molecule is COc1ccc(N=C2SC(=Cc3ccc(Br)o3)C(=O)N2CC(C)C)cc1. The van der Waals surface area contributed by atoms with Gasteiger partial charge in [0.25, 0.3) is 5.91 Å². The van der Waals surface area contributed by atoms with Gasteiger partial charge in [-0.05, 0) is 70.0 Å². The minimum Gasteiger partial charge on any atom is -0.497 e. The van der Waals surface area contributed by atoms with Crippen LogP contribution in [-0.2, 0) is 4.79 Å². The van der Waals surface area contributed by atoms with Gasteiger partial charge in [-0.3, -0.25) is 9.69 Å². The van der Waals surface area contributed by atoms with Crippen molar-refractivity contribution in [2.75, 3.05) is 13.7 Å². The van der Waals surface area contributed by atoms with Crippen molar-refractivity contribution in [1.82, 2.24) is 4.90 Å². The summed E-state index contributed by atoms with van der Waals surface area (Å²) >= 11 is 4.64. The number of amides is 1. The van der Waals surface area contributed by atoms with Crippen molar-refractivity contribution in [2.45, 2.75) is 13.8 Å². The number of furan rings is 1. The summed E-state index contributed by atoms with van der Waals surface area (Å²) in [6.07, 6.45) is 1.75. The lowest BCUT2D eigenvalue weighted by Crippen LogP contribution is -2.32. The molecule has 0 spiro atoms. The first kappa shape index (κ1) is 18.8. The van der Waals surface area contributed by atoms with E-state index in [-0.39, 0.29) is 5.91 Å². The number of rotatable bonds is 5. The molecule has 3 rings (SSSR count). The first-order chi connectivity index (χ1) is 12.5. The number of hydrogen-bond donors (Lipinski definition) is 0. The molecule has 2 aromatic rings. The molecule has 136 valence electrons. The van der Waals surface area contributed by atoms with E-state index < -0.39 is 0 Å². The Morgan fingerprint density at radius 2 is 2.00 bits per heavy atom. The van der Waals surface area contributed by atoms with Gasteiger partial charge in [0.2, 0.25) is 0 Å². The largest absolute Gasteiger partial charge is 0.497 e. The third kappa shape index (κ3) is 4.40. The average molecular weight is 435 g/mol. The summed E-state index contributed by atoms with van der Waals surface area (Å²) in [6.45, 7) is 4.77. The first-order valence-electron chi connectivity index (χ1n) is 8.15. The lowest BCUT2D eigenvalue weighted by atomic mass is 10.2. The Morgan fingerprint density at radius 1 is 1.27 bits per heavy atom. The van der Waals surface area contributed by atoms with Gasteiger partial charge in [-0.15, -0.1) is 0 Å². The second kappa shape index (κ2) is 8.14. The molecule has 1 amide bonds. The van der Waals surface area contributed by atoms with Crippen LogP contribution in [-0.4, -0.2) is 29.6 Å². The molecule has 7 heteroatoms. The van der Waals surface area contributed by atoms with Crippen molar-refractivity contribution < 1.29 is 13.9 Å². The molecule has 1 saturated heterocycles. The number of carbonyl (C=O) groups excluding carboxylic acids is 1. The zero-order chi connectivity index (χ0) is 18.7. The lowest BCUT2D eigenvalue weighted by Gasteiger charge is -2.17. The van der Waals surface area contributed by atoms with Gasteiger partial charge in [0, 0.05) is 12.6 Å². The summed E-state index contributed by atoms with van der Waals surface area (Å²) in [7, 11) is 1.63. The molecule has 5 nitrogen and oxygen atoms in total. The van der Waals surface area contributed by atoms with Crippen molar-refractivity contribution in [3.8, 4) is 5.75 Å². The van der Waals surface area contributed by atoms with Crippen LogP contribution in [0.4, 0.5) is 5.69 Å². The van der Waals surface area contributed by atoms with Crippen LogP contribution in [0.5, 0.6) is 5.75 Å². The third-order valence-corrected chi connectivity index (χ3v) is 5.03. The van der Waals surface area contributed by atoms with Crippen molar-refractivity contribution in [3.05, 3.63) is 51.7 Å². The quantitative estimate of drug-likeness (QED) is 0.598. The Morgan fingerprint density at radius 3 is 2.58 bits per heavy atom. The number of ether oxygens (including phenoxy) is 1. The molecule has 0 saturated carbocycles. The number of amidine groups is 1. The molecule has 1 fully saturated rings. The Hall–Kier alpha value is -1.99. The van der Waals surface area contributed by atoms with Crippen molar-refractivity contribution in [2.24, 2.45) is 10.9 Å². The molecule has 2 heterocycles. The van der Waals surface area contributed by atoms with E-state index in [1.807, 2.05) is 30.3 Å². The van der Waals surface area contributed by atoms with Gasteiger partial charge in [-0.25, -0.2) is 4.99 Å². The fraction of sp³-hybridized carbons (Fsp3) is 0.263. The van der Waals surface area contributed by atoms with Gasteiger partial charge in [0.15, 0.2) is 9.84 Å². The predicted octanol–water partition coefficient (Wildman–Crippen LogP) is 5.31. The van der Waals surface area contributed by atoms with Gasteiger partial charge >= 0.3 is 0 Å². The van der Waals surface area contributed by atoms with Crippen LogP contribution >= 0.6 is 27.7 Å². The van der Waals surface area contributed by atoms with Gasteiger partial charge in [0.05, 0.1) is 17.7 Å². The highest BCUT2D eigenvalue weighted by Crippen LogP contribution is 2.35. The van der Waals surface area contributed by atoms with Crippen molar-refractivity contribution >= 4 is 50.5 Å². The highest BCUT2D eigenvalue weighted by Gasteiger charge is 2.34. The smallest absolute Gasteiger partial charge is 0.266 e. The minimum absolute atomic E-state index is 0.0523. The summed E-state index contributed by atoms with van der Waals surface area (Å²) in [5.41, 5.74) is 0.775. The normalized spacial score (nSPS) is 17.7. The topological polar surface area (TPSA) is 55.0 Å². The molecule has 1 aromatic heterocycles. The van der Waals surface area contributed by atoms with Crippen LogP contribution in [0, 0.1) is 5.92 Å². The standard InChI is InChI=1S/C19H19BrN2O3S/c1-12(2)11-22-18(23)16(10-15-8-9-17(20)25-15)26-19(22)21-13-4-6-14(24-3)7-5-13/h4-10,12H,11H2,1-3H3. The Labute approximate surface area is 165 Å². The number of nitrogens with zero attached hydrogens (tertiary/aromatic N) is 2. The fourth-order valence-corrected chi connectivity index (χ4v) is 3.73. The van der Waals surface area contributed by atoms with E-state index in [1.54, 1.807) is 24.2 Å². The van der Waals surface area contributed by atoms with E-state index in [4.69, 9.17) is 9.15 Å². The zero-order valence-corrected chi connectivity index (χ0v) is 17.1. The van der Waals surface area contributed by atoms with Crippen LogP contribution < -0.4 is 4.74 Å². The van der Waals surface area contributed by atoms with Crippen LogP contribution in [0.25, 0.3) is 6.08 Å². The second-order valence-electron chi connectivity index (χ2n) is 6.15. The zero-order valence-electron chi connectivity index (χ0n) is 14.7. The van der Waals surface area contributed by atoms with E-state index in [0.717, 1.165) is 11.4 Å². The molecule has 0 N–H and O–H groups in total. The summed E-state index contributed by atoms with van der Waals surface area (Å²) in [4.78, 5) is 19.8.